The molecule has 4 heteroatoms. The van der Waals surface area contributed by atoms with Gasteiger partial charge >= 0.3 is 0 Å². The number of amides is 2. The smallest absolute Gasteiger partial charge is 0.253 e. The molecule has 3 rings (SSSR count). The van der Waals surface area contributed by atoms with Crippen LogP contribution in [-0.4, -0.2) is 35.8 Å². The van der Waals surface area contributed by atoms with Crippen LogP contribution in [0.3, 0.4) is 0 Å². The second kappa shape index (κ2) is 6.11. The van der Waals surface area contributed by atoms with E-state index in [4.69, 9.17) is 0 Å². The van der Waals surface area contributed by atoms with Crippen molar-refractivity contribution in [2.24, 2.45) is 5.41 Å². The van der Waals surface area contributed by atoms with E-state index in [9.17, 15) is 9.59 Å². The van der Waals surface area contributed by atoms with Crippen LogP contribution in [0.15, 0.2) is 30.3 Å². The molecule has 1 saturated heterocycles. The van der Waals surface area contributed by atoms with Crippen LogP contribution in [0, 0.1) is 5.41 Å². The standard InChI is InChI=1S/C18H24N2O2/c1-2-18(17(22)19-15-8-9-15)10-12-20(13-11-18)16(21)14-6-4-3-5-7-14/h3-7,15H,2,8-13H2,1H3,(H,19,22). The van der Waals surface area contributed by atoms with Crippen molar-refractivity contribution in [2.75, 3.05) is 13.1 Å². The van der Waals surface area contributed by atoms with Crippen LogP contribution >= 0.6 is 0 Å². The van der Waals surface area contributed by atoms with E-state index in [0.717, 1.165) is 37.7 Å². The maximum Gasteiger partial charge on any atom is 0.253 e. The zero-order valence-corrected chi connectivity index (χ0v) is 13.2. The largest absolute Gasteiger partial charge is 0.353 e. The van der Waals surface area contributed by atoms with Crippen molar-refractivity contribution in [3.63, 3.8) is 0 Å². The Morgan fingerprint density at radius 1 is 1.18 bits per heavy atom. The van der Waals surface area contributed by atoms with E-state index in [-0.39, 0.29) is 17.2 Å². The summed E-state index contributed by atoms with van der Waals surface area (Å²) in [6, 6.07) is 9.79. The predicted octanol–water partition coefficient (Wildman–Crippen LogP) is 2.60. The normalized spacial score (nSPS) is 20.5. The number of likely N-dealkylation sites (tertiary alicyclic amines) is 1. The molecule has 0 radical (unpaired) electrons. The first-order chi connectivity index (χ1) is 10.6. The van der Waals surface area contributed by atoms with Crippen molar-refractivity contribution in [2.45, 2.75) is 45.1 Å². The van der Waals surface area contributed by atoms with Gasteiger partial charge in [0, 0.05) is 24.7 Å². The number of carbonyl (C=O) groups is 2. The first kappa shape index (κ1) is 15.1. The molecule has 2 fully saturated rings. The van der Waals surface area contributed by atoms with Gasteiger partial charge in [-0.05, 0) is 44.2 Å². The summed E-state index contributed by atoms with van der Waals surface area (Å²) in [6.45, 7) is 3.42. The van der Waals surface area contributed by atoms with Crippen LogP contribution in [0.2, 0.25) is 0 Å². The average Bonchev–Trinajstić information content (AvgIpc) is 3.39. The van der Waals surface area contributed by atoms with Crippen LogP contribution in [0.5, 0.6) is 0 Å². The molecule has 1 N–H and O–H groups in total. The van der Waals surface area contributed by atoms with Crippen molar-refractivity contribution in [1.29, 1.82) is 0 Å². The lowest BCUT2D eigenvalue weighted by molar-refractivity contribution is -0.134. The lowest BCUT2D eigenvalue weighted by Crippen LogP contribution is -2.50. The minimum atomic E-state index is -0.282. The second-order valence-corrected chi connectivity index (χ2v) is 6.54. The Balaban J connectivity index is 1.63. The molecule has 1 heterocycles. The lowest BCUT2D eigenvalue weighted by Gasteiger charge is -2.40. The summed E-state index contributed by atoms with van der Waals surface area (Å²) >= 11 is 0. The zero-order chi connectivity index (χ0) is 15.6. The molecule has 1 aromatic rings. The van der Waals surface area contributed by atoms with E-state index in [0.29, 0.717) is 19.1 Å². The molecule has 1 saturated carbocycles. The van der Waals surface area contributed by atoms with Crippen molar-refractivity contribution < 1.29 is 9.59 Å². The average molecular weight is 300 g/mol. The predicted molar refractivity (Wildman–Crippen MR) is 85.5 cm³/mol. The molecule has 22 heavy (non-hydrogen) atoms. The van der Waals surface area contributed by atoms with Gasteiger partial charge in [-0.3, -0.25) is 9.59 Å². The minimum absolute atomic E-state index is 0.0768. The van der Waals surface area contributed by atoms with Gasteiger partial charge in [-0.2, -0.15) is 0 Å². The van der Waals surface area contributed by atoms with E-state index in [1.54, 1.807) is 0 Å². The Morgan fingerprint density at radius 3 is 2.36 bits per heavy atom. The number of nitrogens with zero attached hydrogens (tertiary/aromatic N) is 1. The van der Waals surface area contributed by atoms with Crippen molar-refractivity contribution >= 4 is 11.8 Å². The molecule has 0 bridgehead atoms. The number of hydrogen-bond donors (Lipinski definition) is 1. The molecule has 1 aromatic carbocycles. The van der Waals surface area contributed by atoms with Crippen molar-refractivity contribution in [3.8, 4) is 0 Å². The van der Waals surface area contributed by atoms with Gasteiger partial charge in [-0.15, -0.1) is 0 Å². The number of nitrogens with one attached hydrogen (secondary N) is 1. The summed E-state index contributed by atoms with van der Waals surface area (Å²) in [7, 11) is 0. The van der Waals surface area contributed by atoms with Gasteiger partial charge in [0.15, 0.2) is 0 Å². The van der Waals surface area contributed by atoms with Crippen molar-refractivity contribution in [3.05, 3.63) is 35.9 Å². The molecule has 2 amide bonds. The molecule has 1 aliphatic heterocycles. The number of carbonyl (C=O) groups excluding carboxylic acids is 2. The summed E-state index contributed by atoms with van der Waals surface area (Å²) in [5.74, 6) is 0.275. The van der Waals surface area contributed by atoms with Gasteiger partial charge in [0.2, 0.25) is 5.91 Å². The summed E-state index contributed by atoms with van der Waals surface area (Å²) in [4.78, 5) is 26.9. The first-order valence-corrected chi connectivity index (χ1v) is 8.30. The van der Waals surface area contributed by atoms with E-state index >= 15 is 0 Å². The SMILES string of the molecule is CCC1(C(=O)NC2CC2)CCN(C(=O)c2ccccc2)CC1. The van der Waals surface area contributed by atoms with Crippen molar-refractivity contribution in [1.82, 2.24) is 10.2 Å². The van der Waals surface area contributed by atoms with Crippen LogP contribution in [-0.2, 0) is 4.79 Å². The van der Waals surface area contributed by atoms with E-state index < -0.39 is 0 Å². The Bertz CT molecular complexity index is 543. The molecule has 2 aliphatic rings. The number of benzene rings is 1. The maximum atomic E-state index is 12.5. The van der Waals surface area contributed by atoms with Gasteiger partial charge < -0.3 is 10.2 Å². The Morgan fingerprint density at radius 2 is 1.82 bits per heavy atom. The fourth-order valence-corrected chi connectivity index (χ4v) is 3.21. The molecule has 0 aromatic heterocycles. The first-order valence-electron chi connectivity index (χ1n) is 8.30. The van der Waals surface area contributed by atoms with Crippen LogP contribution in [0.4, 0.5) is 0 Å². The van der Waals surface area contributed by atoms with Crippen LogP contribution in [0.1, 0.15) is 49.4 Å². The van der Waals surface area contributed by atoms with Gasteiger partial charge in [-0.1, -0.05) is 25.1 Å². The van der Waals surface area contributed by atoms with Gasteiger partial charge in [-0.25, -0.2) is 0 Å². The van der Waals surface area contributed by atoms with Gasteiger partial charge in [0.05, 0.1) is 5.41 Å². The molecule has 118 valence electrons. The van der Waals surface area contributed by atoms with Gasteiger partial charge in [0.25, 0.3) is 5.91 Å². The highest BCUT2D eigenvalue weighted by Crippen LogP contribution is 2.36. The number of rotatable bonds is 4. The zero-order valence-electron chi connectivity index (χ0n) is 13.2. The highest BCUT2D eigenvalue weighted by Gasteiger charge is 2.42. The molecular weight excluding hydrogens is 276 g/mol. The summed E-state index contributed by atoms with van der Waals surface area (Å²) in [5.41, 5.74) is 0.449. The Kier molecular flexibility index (Phi) is 4.19. The van der Waals surface area contributed by atoms with E-state index in [1.165, 1.54) is 0 Å². The third kappa shape index (κ3) is 3.01. The fraction of sp³-hybridized carbons (Fsp3) is 0.556. The highest BCUT2D eigenvalue weighted by atomic mass is 16.2. The van der Waals surface area contributed by atoms with E-state index in [1.807, 2.05) is 35.2 Å². The molecular formula is C18H24N2O2. The Hall–Kier alpha value is -1.84. The Labute approximate surface area is 131 Å². The lowest BCUT2D eigenvalue weighted by atomic mass is 9.75. The molecule has 4 nitrogen and oxygen atoms in total. The summed E-state index contributed by atoms with van der Waals surface area (Å²) < 4.78 is 0. The molecule has 0 unspecified atom stereocenters. The third-order valence-electron chi connectivity index (χ3n) is 5.10. The summed E-state index contributed by atoms with van der Waals surface area (Å²) in [5, 5.41) is 3.15. The summed E-state index contributed by atoms with van der Waals surface area (Å²) in [6.07, 6.45) is 4.61. The maximum absolute atomic E-state index is 12.5. The number of piperidine rings is 1. The molecule has 0 spiro atoms. The molecule has 1 aliphatic carbocycles. The minimum Gasteiger partial charge on any atom is -0.353 e. The fourth-order valence-electron chi connectivity index (χ4n) is 3.21. The van der Waals surface area contributed by atoms with Crippen LogP contribution in [0.25, 0.3) is 0 Å². The third-order valence-corrected chi connectivity index (χ3v) is 5.10. The quantitative estimate of drug-likeness (QED) is 0.929. The van der Waals surface area contributed by atoms with E-state index in [2.05, 4.69) is 12.2 Å². The van der Waals surface area contributed by atoms with Crippen LogP contribution < -0.4 is 5.32 Å². The molecule has 0 atom stereocenters. The monoisotopic (exact) mass is 300 g/mol. The topological polar surface area (TPSA) is 49.4 Å². The highest BCUT2D eigenvalue weighted by molar-refractivity contribution is 5.94. The second-order valence-electron chi connectivity index (χ2n) is 6.54. The van der Waals surface area contributed by atoms with Gasteiger partial charge in [0.1, 0.15) is 0 Å². The number of hydrogen-bond acceptors (Lipinski definition) is 2.